The molecule has 0 saturated heterocycles. The van der Waals surface area contributed by atoms with Gasteiger partial charge in [0.2, 0.25) is 0 Å². The maximum atomic E-state index is 12.0. The van der Waals surface area contributed by atoms with Gasteiger partial charge < -0.3 is 15.5 Å². The molecule has 5 nitrogen and oxygen atoms in total. The lowest BCUT2D eigenvalue weighted by molar-refractivity contribution is 0.239. The number of aromatic nitrogens is 1. The van der Waals surface area contributed by atoms with Crippen LogP contribution in [0.5, 0.6) is 0 Å². The zero-order valence-corrected chi connectivity index (χ0v) is 14.2. The number of pyridine rings is 1. The highest BCUT2D eigenvalue weighted by molar-refractivity contribution is 5.74. The molecule has 1 fully saturated rings. The van der Waals surface area contributed by atoms with Crippen molar-refractivity contribution in [3.05, 3.63) is 59.8 Å². The van der Waals surface area contributed by atoms with Crippen molar-refractivity contribution in [2.24, 2.45) is 0 Å². The zero-order chi connectivity index (χ0) is 17.0. The summed E-state index contributed by atoms with van der Waals surface area (Å²) < 4.78 is 0. The van der Waals surface area contributed by atoms with Gasteiger partial charge in [-0.3, -0.25) is 0 Å². The second-order valence-corrected chi connectivity index (χ2v) is 6.60. The molecular formula is C19H24N4O. The summed E-state index contributed by atoms with van der Waals surface area (Å²) in [7, 11) is 3.91. The van der Waals surface area contributed by atoms with Crippen molar-refractivity contribution >= 4 is 11.8 Å². The highest BCUT2D eigenvalue weighted by Gasteiger charge is 2.44. The molecule has 0 bridgehead atoms. The van der Waals surface area contributed by atoms with Gasteiger partial charge in [-0.05, 0) is 30.0 Å². The number of nitrogens with one attached hydrogen (secondary N) is 2. The van der Waals surface area contributed by atoms with Crippen LogP contribution in [0.3, 0.4) is 0 Å². The molecule has 2 amide bonds. The topological polar surface area (TPSA) is 57.3 Å². The van der Waals surface area contributed by atoms with E-state index in [0.29, 0.717) is 13.1 Å². The first-order valence-electron chi connectivity index (χ1n) is 8.29. The molecule has 1 aliphatic carbocycles. The molecule has 5 heteroatoms. The molecule has 0 unspecified atom stereocenters. The number of rotatable bonds is 6. The monoisotopic (exact) mass is 324 g/mol. The number of carbonyl (C=O) groups excluding carboxylic acids is 1. The van der Waals surface area contributed by atoms with E-state index < -0.39 is 0 Å². The molecule has 1 aromatic heterocycles. The molecular weight excluding hydrogens is 300 g/mol. The van der Waals surface area contributed by atoms with Crippen LogP contribution in [-0.4, -0.2) is 31.7 Å². The number of amides is 2. The molecule has 0 atom stereocenters. The van der Waals surface area contributed by atoms with Crippen LogP contribution in [0.4, 0.5) is 10.6 Å². The summed E-state index contributed by atoms with van der Waals surface area (Å²) in [6, 6.07) is 14.2. The van der Waals surface area contributed by atoms with E-state index in [9.17, 15) is 4.79 Å². The summed E-state index contributed by atoms with van der Waals surface area (Å²) in [4.78, 5) is 18.3. The highest BCUT2D eigenvalue weighted by atomic mass is 16.2. The Hall–Kier alpha value is -2.56. The predicted molar refractivity (Wildman–Crippen MR) is 96.2 cm³/mol. The normalized spacial score (nSPS) is 14.8. The van der Waals surface area contributed by atoms with Gasteiger partial charge >= 0.3 is 6.03 Å². The Morgan fingerprint density at radius 3 is 2.46 bits per heavy atom. The van der Waals surface area contributed by atoms with E-state index in [1.165, 1.54) is 5.56 Å². The maximum absolute atomic E-state index is 12.0. The largest absolute Gasteiger partial charge is 0.363 e. The SMILES string of the molecule is CN(C)c1ccc(CNC(=O)NCC2(c3ccccc3)CC2)cn1. The number of benzene rings is 1. The number of nitrogens with zero attached hydrogens (tertiary/aromatic N) is 2. The third-order valence-corrected chi connectivity index (χ3v) is 4.55. The van der Waals surface area contributed by atoms with Crippen molar-refractivity contribution in [2.75, 3.05) is 25.5 Å². The molecule has 126 valence electrons. The summed E-state index contributed by atoms with van der Waals surface area (Å²) in [5, 5.41) is 5.90. The standard InChI is InChI=1S/C19H24N4O/c1-23(2)17-9-8-15(12-20-17)13-21-18(24)22-14-19(10-11-19)16-6-4-3-5-7-16/h3-9,12H,10-11,13-14H2,1-2H3,(H2,21,22,24). The zero-order valence-electron chi connectivity index (χ0n) is 14.2. The predicted octanol–water partition coefficient (Wildman–Crippen LogP) is 2.68. The van der Waals surface area contributed by atoms with Crippen LogP contribution >= 0.6 is 0 Å². The van der Waals surface area contributed by atoms with Gasteiger partial charge in [0.05, 0.1) is 0 Å². The van der Waals surface area contributed by atoms with Gasteiger partial charge in [0.15, 0.2) is 0 Å². The average Bonchev–Trinajstić information content (AvgIpc) is 3.40. The van der Waals surface area contributed by atoms with Crippen LogP contribution in [0.25, 0.3) is 0 Å². The van der Waals surface area contributed by atoms with E-state index in [0.717, 1.165) is 24.2 Å². The van der Waals surface area contributed by atoms with E-state index in [4.69, 9.17) is 0 Å². The van der Waals surface area contributed by atoms with Gasteiger partial charge in [-0.1, -0.05) is 36.4 Å². The summed E-state index contributed by atoms with van der Waals surface area (Å²) in [6.07, 6.45) is 4.06. The Morgan fingerprint density at radius 1 is 1.12 bits per heavy atom. The molecule has 0 radical (unpaired) electrons. The summed E-state index contributed by atoms with van der Waals surface area (Å²) in [5.41, 5.74) is 2.43. The van der Waals surface area contributed by atoms with E-state index in [-0.39, 0.29) is 11.4 Å². The molecule has 1 aromatic carbocycles. The second kappa shape index (κ2) is 6.91. The lowest BCUT2D eigenvalue weighted by atomic mass is 9.96. The first kappa shape index (κ1) is 16.3. The quantitative estimate of drug-likeness (QED) is 0.859. The number of carbonyl (C=O) groups is 1. The van der Waals surface area contributed by atoms with E-state index in [2.05, 4.69) is 39.9 Å². The average molecular weight is 324 g/mol. The summed E-state index contributed by atoms with van der Waals surface area (Å²) in [6.45, 7) is 1.16. The second-order valence-electron chi connectivity index (χ2n) is 6.60. The Labute approximate surface area is 143 Å². The van der Waals surface area contributed by atoms with Gasteiger partial charge in [-0.15, -0.1) is 0 Å². The summed E-state index contributed by atoms with van der Waals surface area (Å²) >= 11 is 0. The first-order chi connectivity index (χ1) is 11.6. The Morgan fingerprint density at radius 2 is 1.88 bits per heavy atom. The number of urea groups is 1. The minimum absolute atomic E-state index is 0.131. The van der Waals surface area contributed by atoms with Crippen LogP contribution in [0.15, 0.2) is 48.7 Å². The molecule has 24 heavy (non-hydrogen) atoms. The molecule has 1 saturated carbocycles. The fourth-order valence-corrected chi connectivity index (χ4v) is 2.79. The van der Waals surface area contributed by atoms with E-state index in [1.807, 2.05) is 37.2 Å². The third-order valence-electron chi connectivity index (χ3n) is 4.55. The van der Waals surface area contributed by atoms with E-state index in [1.54, 1.807) is 6.20 Å². The van der Waals surface area contributed by atoms with Crippen molar-refractivity contribution in [3.8, 4) is 0 Å². The maximum Gasteiger partial charge on any atom is 0.315 e. The van der Waals surface area contributed by atoms with E-state index >= 15 is 0 Å². The van der Waals surface area contributed by atoms with Crippen molar-refractivity contribution in [1.29, 1.82) is 0 Å². The van der Waals surface area contributed by atoms with Gasteiger partial charge in [-0.25, -0.2) is 9.78 Å². The van der Waals surface area contributed by atoms with Gasteiger partial charge in [0.1, 0.15) is 5.82 Å². The highest BCUT2D eigenvalue weighted by Crippen LogP contribution is 2.47. The minimum Gasteiger partial charge on any atom is -0.363 e. The van der Waals surface area contributed by atoms with Crippen molar-refractivity contribution in [1.82, 2.24) is 15.6 Å². The molecule has 3 rings (SSSR count). The lowest BCUT2D eigenvalue weighted by Crippen LogP contribution is -2.39. The minimum atomic E-state index is -0.131. The van der Waals surface area contributed by atoms with Crippen LogP contribution in [0, 0.1) is 0 Å². The van der Waals surface area contributed by atoms with Crippen LogP contribution < -0.4 is 15.5 Å². The van der Waals surface area contributed by atoms with Gasteiger partial charge in [0, 0.05) is 38.8 Å². The third kappa shape index (κ3) is 3.85. The van der Waals surface area contributed by atoms with Gasteiger partial charge in [-0.2, -0.15) is 0 Å². The number of hydrogen-bond donors (Lipinski definition) is 2. The van der Waals surface area contributed by atoms with Gasteiger partial charge in [0.25, 0.3) is 0 Å². The van der Waals surface area contributed by atoms with Crippen LogP contribution in [-0.2, 0) is 12.0 Å². The fourth-order valence-electron chi connectivity index (χ4n) is 2.79. The smallest absolute Gasteiger partial charge is 0.315 e. The van der Waals surface area contributed by atoms with Crippen LogP contribution in [0.1, 0.15) is 24.0 Å². The van der Waals surface area contributed by atoms with Crippen molar-refractivity contribution < 1.29 is 4.79 Å². The molecule has 0 aliphatic heterocycles. The summed E-state index contributed by atoms with van der Waals surface area (Å²) in [5.74, 6) is 0.904. The lowest BCUT2D eigenvalue weighted by Gasteiger charge is -2.17. The number of hydrogen-bond acceptors (Lipinski definition) is 3. The molecule has 0 spiro atoms. The van der Waals surface area contributed by atoms with Crippen molar-refractivity contribution in [3.63, 3.8) is 0 Å². The Bertz CT molecular complexity index is 678. The number of anilines is 1. The molecule has 2 aromatic rings. The molecule has 1 heterocycles. The Kier molecular flexibility index (Phi) is 4.69. The fraction of sp³-hybridized carbons (Fsp3) is 0.368. The Balaban J connectivity index is 1.46. The first-order valence-corrected chi connectivity index (χ1v) is 8.29. The molecule has 2 N–H and O–H groups in total. The molecule has 1 aliphatic rings. The van der Waals surface area contributed by atoms with Crippen molar-refractivity contribution in [2.45, 2.75) is 24.8 Å². The van der Waals surface area contributed by atoms with Crippen LogP contribution in [0.2, 0.25) is 0 Å².